The molecule has 0 atom stereocenters. The maximum atomic E-state index is 14.4. The van der Waals surface area contributed by atoms with E-state index in [9.17, 15) is 4.39 Å². The van der Waals surface area contributed by atoms with Crippen molar-refractivity contribution >= 4 is 44.8 Å². The molecule has 1 saturated carbocycles. The zero-order valence-electron chi connectivity index (χ0n) is 33.1. The second kappa shape index (κ2) is 17.1. The molecule has 1 aliphatic carbocycles. The molecule has 3 aromatic heterocycles. The molecule has 4 aromatic carbocycles. The molecule has 1 radical (unpaired) electrons. The molecular formula is C49H51FIrN2SSi-2. The van der Waals surface area contributed by atoms with Gasteiger partial charge in [-0.3, -0.25) is 0 Å². The summed E-state index contributed by atoms with van der Waals surface area (Å²) in [6, 6.07) is 38.9. The fraction of sp³-hybridized carbons (Fsp3) is 0.306. The Morgan fingerprint density at radius 2 is 1.60 bits per heavy atom. The van der Waals surface area contributed by atoms with Gasteiger partial charge in [0.25, 0.3) is 0 Å². The molecule has 55 heavy (non-hydrogen) atoms. The Morgan fingerprint density at radius 1 is 0.836 bits per heavy atom. The molecule has 0 bridgehead atoms. The first kappa shape index (κ1) is 40.8. The van der Waals surface area contributed by atoms with Crippen molar-refractivity contribution < 1.29 is 24.5 Å². The van der Waals surface area contributed by atoms with Gasteiger partial charge >= 0.3 is 0 Å². The van der Waals surface area contributed by atoms with Gasteiger partial charge in [-0.05, 0) is 92.5 Å². The van der Waals surface area contributed by atoms with E-state index in [0.29, 0.717) is 11.5 Å². The first-order valence-electron chi connectivity index (χ1n) is 19.5. The van der Waals surface area contributed by atoms with Gasteiger partial charge in [0.2, 0.25) is 0 Å². The minimum absolute atomic E-state index is 0. The molecule has 0 unspecified atom stereocenters. The molecule has 0 N–H and O–H groups in total. The fourth-order valence-electron chi connectivity index (χ4n) is 8.13. The molecule has 0 amide bonds. The number of halogens is 1. The van der Waals surface area contributed by atoms with Crippen molar-refractivity contribution in [3.63, 3.8) is 0 Å². The summed E-state index contributed by atoms with van der Waals surface area (Å²) in [6.45, 7) is 16.5. The maximum absolute atomic E-state index is 14.4. The van der Waals surface area contributed by atoms with Gasteiger partial charge in [-0.25, -0.2) is 4.39 Å². The Morgan fingerprint density at radius 3 is 2.31 bits per heavy atom. The second-order valence-corrected chi connectivity index (χ2v) is 23.0. The minimum atomic E-state index is -1.34. The van der Waals surface area contributed by atoms with E-state index in [0.717, 1.165) is 45.1 Å². The van der Waals surface area contributed by atoms with Crippen molar-refractivity contribution in [3.8, 4) is 33.6 Å². The van der Waals surface area contributed by atoms with E-state index >= 15 is 0 Å². The molecule has 0 spiro atoms. The van der Waals surface area contributed by atoms with Crippen LogP contribution in [0.2, 0.25) is 19.6 Å². The van der Waals surface area contributed by atoms with Crippen LogP contribution in [-0.2, 0) is 31.9 Å². The van der Waals surface area contributed by atoms with Crippen LogP contribution < -0.4 is 5.19 Å². The predicted molar refractivity (Wildman–Crippen MR) is 232 cm³/mol. The van der Waals surface area contributed by atoms with Crippen molar-refractivity contribution in [2.24, 2.45) is 11.8 Å². The molecule has 1 aliphatic rings. The van der Waals surface area contributed by atoms with Gasteiger partial charge in [0.15, 0.2) is 0 Å². The van der Waals surface area contributed by atoms with Crippen LogP contribution in [0.1, 0.15) is 64.5 Å². The van der Waals surface area contributed by atoms with E-state index in [2.05, 4.69) is 113 Å². The normalized spacial score (nSPS) is 13.5. The summed E-state index contributed by atoms with van der Waals surface area (Å²) in [7, 11) is -1.34. The quantitative estimate of drug-likeness (QED) is 0.112. The second-order valence-electron chi connectivity index (χ2n) is 16.9. The third kappa shape index (κ3) is 8.94. The van der Waals surface area contributed by atoms with Crippen molar-refractivity contribution in [2.75, 3.05) is 0 Å². The number of hydrogen-bond acceptors (Lipinski definition) is 3. The molecule has 8 rings (SSSR count). The third-order valence-electron chi connectivity index (χ3n) is 11.2. The summed E-state index contributed by atoms with van der Waals surface area (Å²) in [5.41, 5.74) is 8.67. The Kier molecular flexibility index (Phi) is 12.7. The third-order valence-corrected chi connectivity index (χ3v) is 14.4. The van der Waals surface area contributed by atoms with E-state index < -0.39 is 8.07 Å². The van der Waals surface area contributed by atoms with Crippen LogP contribution in [-0.4, -0.2) is 18.0 Å². The van der Waals surface area contributed by atoms with E-state index in [1.807, 2.05) is 48.7 Å². The summed E-state index contributed by atoms with van der Waals surface area (Å²) in [6.07, 6.45) is 10.5. The molecule has 7 aromatic rings. The topological polar surface area (TPSA) is 25.8 Å². The van der Waals surface area contributed by atoms with Crippen molar-refractivity contribution in [1.29, 1.82) is 0 Å². The number of fused-ring (bicyclic) bond motifs is 3. The summed E-state index contributed by atoms with van der Waals surface area (Å²) >= 11 is 1.74. The summed E-state index contributed by atoms with van der Waals surface area (Å²) < 4.78 is 16.7. The largest absolute Gasteiger partial charge is 0.305 e. The van der Waals surface area contributed by atoms with Gasteiger partial charge in [0.05, 0.1) is 8.07 Å². The fourth-order valence-corrected chi connectivity index (χ4v) is 11.0. The number of pyridine rings is 2. The summed E-state index contributed by atoms with van der Waals surface area (Å²) in [4.78, 5) is 9.46. The van der Waals surface area contributed by atoms with Gasteiger partial charge in [-0.15, -0.1) is 59.7 Å². The smallest absolute Gasteiger partial charge is 0.131 e. The Bertz CT molecular complexity index is 2390. The SMILES string of the molecule is CC(C)(c1ccnc(-c2[c-]ccc3c2sc2cc(-c4ccccc4F)ccc23)c1)C1CCCC1.CC(C)Cc1cc(-c2[c-]cccc2)ncc1[Si](C)(C)C.[Ir]. The Hall–Kier alpha value is -3.80. The number of rotatable bonds is 8. The van der Waals surface area contributed by atoms with Crippen LogP contribution in [0.15, 0.2) is 109 Å². The Labute approximate surface area is 346 Å². The van der Waals surface area contributed by atoms with Gasteiger partial charge < -0.3 is 9.97 Å². The molecule has 6 heteroatoms. The standard InChI is InChI=1S/C31H27FNS.C18H24NSi.Ir/c1-31(2,21-8-3-4-9-21)22-16-17-33-28(19-22)26-12-7-11-25-24-15-14-20(18-29(24)34-30(25)26)23-10-5-6-13-27(23)32;1-14(2)11-16-12-17(15-9-7-6-8-10-15)19-13-18(16)20(3,4)5;/h5-7,10-11,13-19,21H,3-4,8-9H2,1-2H3;6-9,12-14H,11H2,1-5H3;/q2*-1;. The molecule has 0 saturated heterocycles. The van der Waals surface area contributed by atoms with Crippen LogP contribution in [0.3, 0.4) is 0 Å². The van der Waals surface area contributed by atoms with Crippen LogP contribution in [0.4, 0.5) is 4.39 Å². The first-order valence-corrected chi connectivity index (χ1v) is 23.8. The number of hydrogen-bond donors (Lipinski definition) is 0. The van der Waals surface area contributed by atoms with Gasteiger partial charge in [-0.2, -0.15) is 11.3 Å². The van der Waals surface area contributed by atoms with Crippen molar-refractivity contribution in [1.82, 2.24) is 9.97 Å². The maximum Gasteiger partial charge on any atom is 0.131 e. The van der Waals surface area contributed by atoms with Crippen LogP contribution in [0.25, 0.3) is 53.8 Å². The summed E-state index contributed by atoms with van der Waals surface area (Å²) in [5, 5.41) is 3.89. The van der Waals surface area contributed by atoms with Crippen LogP contribution >= 0.6 is 11.3 Å². The van der Waals surface area contributed by atoms with Gasteiger partial charge in [-0.1, -0.05) is 114 Å². The minimum Gasteiger partial charge on any atom is -0.305 e. The Balaban J connectivity index is 0.000000211. The number of nitrogens with zero attached hydrogens (tertiary/aromatic N) is 2. The predicted octanol–water partition coefficient (Wildman–Crippen LogP) is 13.5. The van der Waals surface area contributed by atoms with Gasteiger partial charge in [0, 0.05) is 42.8 Å². The van der Waals surface area contributed by atoms with E-state index in [-0.39, 0.29) is 31.3 Å². The van der Waals surface area contributed by atoms with E-state index in [4.69, 9.17) is 4.98 Å². The zero-order chi connectivity index (χ0) is 38.0. The molecule has 3 heterocycles. The van der Waals surface area contributed by atoms with Gasteiger partial charge in [0.1, 0.15) is 5.82 Å². The first-order chi connectivity index (χ1) is 25.9. The van der Waals surface area contributed by atoms with Crippen LogP contribution in [0, 0.1) is 29.8 Å². The average Bonchev–Trinajstić information content (AvgIpc) is 3.84. The molecule has 2 nitrogen and oxygen atoms in total. The number of thiophene rings is 1. The average molecular weight is 939 g/mol. The number of benzene rings is 4. The zero-order valence-corrected chi connectivity index (χ0v) is 37.3. The van der Waals surface area contributed by atoms with E-state index in [1.165, 1.54) is 63.5 Å². The van der Waals surface area contributed by atoms with Crippen LogP contribution in [0.5, 0.6) is 0 Å². The van der Waals surface area contributed by atoms with Crippen molar-refractivity contribution in [3.05, 3.63) is 139 Å². The monoisotopic (exact) mass is 939 g/mol. The molecular weight excluding hydrogens is 888 g/mol. The molecule has 1 fully saturated rings. The number of aromatic nitrogens is 2. The molecule has 0 aliphatic heterocycles. The summed E-state index contributed by atoms with van der Waals surface area (Å²) in [5.74, 6) is 1.20. The van der Waals surface area contributed by atoms with Crippen molar-refractivity contribution in [2.45, 2.75) is 84.9 Å². The molecule has 285 valence electrons. The van der Waals surface area contributed by atoms with E-state index in [1.54, 1.807) is 17.4 Å².